The molecule has 0 spiro atoms. The Bertz CT molecular complexity index is 578. The first kappa shape index (κ1) is 13.7. The zero-order valence-corrected chi connectivity index (χ0v) is 11.9. The Labute approximate surface area is 122 Å². The van der Waals surface area contributed by atoms with E-state index in [1.807, 2.05) is 0 Å². The second-order valence-electron chi connectivity index (χ2n) is 5.04. The van der Waals surface area contributed by atoms with Gasteiger partial charge in [-0.1, -0.05) is 0 Å². The van der Waals surface area contributed by atoms with E-state index in [0.29, 0.717) is 17.8 Å². The summed E-state index contributed by atoms with van der Waals surface area (Å²) in [5.41, 5.74) is 2.45. The molecule has 0 saturated heterocycles. The van der Waals surface area contributed by atoms with Crippen molar-refractivity contribution in [2.24, 2.45) is 5.84 Å². The predicted octanol–water partition coefficient (Wildman–Crippen LogP) is -0.151. The van der Waals surface area contributed by atoms with Crippen molar-refractivity contribution in [2.45, 2.75) is 18.9 Å². The highest BCUT2D eigenvalue weighted by Crippen LogP contribution is 2.24. The van der Waals surface area contributed by atoms with E-state index in [9.17, 15) is 0 Å². The number of nitrogens with one attached hydrogen (secondary N) is 2. The molecular formula is C12H19N9. The lowest BCUT2D eigenvalue weighted by Gasteiger charge is -2.16. The fourth-order valence-corrected chi connectivity index (χ4v) is 2.04. The summed E-state index contributed by atoms with van der Waals surface area (Å²) in [6, 6.07) is 0.743. The van der Waals surface area contributed by atoms with Gasteiger partial charge in [-0.15, -0.1) is 0 Å². The number of nitrogens with zero attached hydrogens (tertiary/aromatic N) is 6. The van der Waals surface area contributed by atoms with Gasteiger partial charge in [-0.25, -0.2) is 10.8 Å². The minimum atomic E-state index is 0.312. The smallest absolute Gasteiger partial charge is 0.243 e. The van der Waals surface area contributed by atoms with E-state index in [2.05, 4.69) is 42.6 Å². The number of hydrazine groups is 1. The molecule has 4 N–H and O–H groups in total. The third kappa shape index (κ3) is 3.44. The Morgan fingerprint density at radius 1 is 1.33 bits per heavy atom. The molecule has 0 radical (unpaired) electrons. The van der Waals surface area contributed by atoms with Crippen LogP contribution in [0.5, 0.6) is 0 Å². The number of hydrogen-bond acceptors (Lipinski definition) is 8. The maximum absolute atomic E-state index is 5.40. The fraction of sp³-hybridized carbons (Fsp3) is 0.500. The maximum atomic E-state index is 5.40. The molecule has 2 heterocycles. The van der Waals surface area contributed by atoms with Crippen molar-refractivity contribution in [2.75, 3.05) is 30.9 Å². The van der Waals surface area contributed by atoms with Crippen molar-refractivity contribution in [3.8, 4) is 5.95 Å². The van der Waals surface area contributed by atoms with E-state index in [1.54, 1.807) is 23.3 Å². The molecule has 0 atom stereocenters. The number of nitrogens with two attached hydrogens (primary N) is 1. The lowest BCUT2D eigenvalue weighted by molar-refractivity contribution is 0.337. The van der Waals surface area contributed by atoms with Gasteiger partial charge in [0, 0.05) is 31.5 Å². The largest absolute Gasteiger partial charge is 0.353 e. The summed E-state index contributed by atoms with van der Waals surface area (Å²) < 4.78 is 1.70. The molecule has 9 nitrogen and oxygen atoms in total. The third-order valence-electron chi connectivity index (χ3n) is 3.41. The summed E-state index contributed by atoms with van der Waals surface area (Å²) in [6.45, 7) is 1.71. The summed E-state index contributed by atoms with van der Waals surface area (Å²) >= 11 is 0. The van der Waals surface area contributed by atoms with Gasteiger partial charge in [0.2, 0.25) is 17.8 Å². The Morgan fingerprint density at radius 2 is 2.14 bits per heavy atom. The number of nitrogen functional groups attached to an aromatic ring is 1. The topological polar surface area (TPSA) is 110 Å². The van der Waals surface area contributed by atoms with Crippen LogP contribution in [0.4, 0.5) is 11.9 Å². The van der Waals surface area contributed by atoms with Crippen LogP contribution in [0, 0.1) is 0 Å². The predicted molar refractivity (Wildman–Crippen MR) is 78.9 cm³/mol. The van der Waals surface area contributed by atoms with Gasteiger partial charge in [0.15, 0.2) is 0 Å². The number of aromatic nitrogens is 5. The van der Waals surface area contributed by atoms with Crippen molar-refractivity contribution in [3.05, 3.63) is 18.7 Å². The van der Waals surface area contributed by atoms with Crippen LogP contribution in [0.15, 0.2) is 18.7 Å². The third-order valence-corrected chi connectivity index (χ3v) is 3.41. The van der Waals surface area contributed by atoms with Crippen LogP contribution in [-0.2, 0) is 0 Å². The fourth-order valence-electron chi connectivity index (χ4n) is 2.04. The minimum absolute atomic E-state index is 0.312. The highest BCUT2D eigenvalue weighted by molar-refractivity contribution is 5.37. The zero-order chi connectivity index (χ0) is 14.7. The first-order valence-electron chi connectivity index (χ1n) is 6.91. The molecular weight excluding hydrogens is 270 g/mol. The van der Waals surface area contributed by atoms with Crippen LogP contribution in [-0.4, -0.2) is 55.6 Å². The summed E-state index contributed by atoms with van der Waals surface area (Å²) in [4.78, 5) is 19.1. The van der Waals surface area contributed by atoms with Crippen LogP contribution in [0.3, 0.4) is 0 Å². The molecule has 2 aromatic heterocycles. The lowest BCUT2D eigenvalue weighted by Crippen LogP contribution is -2.27. The second-order valence-corrected chi connectivity index (χ2v) is 5.04. The molecule has 1 saturated carbocycles. The second kappa shape index (κ2) is 6.02. The van der Waals surface area contributed by atoms with Crippen LogP contribution in [0.2, 0.25) is 0 Å². The van der Waals surface area contributed by atoms with Crippen LogP contribution >= 0.6 is 0 Å². The average molecular weight is 289 g/mol. The summed E-state index contributed by atoms with van der Waals surface area (Å²) in [5.74, 6) is 6.67. The lowest BCUT2D eigenvalue weighted by atomic mass is 10.5. The van der Waals surface area contributed by atoms with E-state index in [0.717, 1.165) is 19.1 Å². The number of anilines is 2. The molecule has 0 aliphatic heterocycles. The first-order valence-corrected chi connectivity index (χ1v) is 6.91. The zero-order valence-electron chi connectivity index (χ0n) is 11.9. The van der Waals surface area contributed by atoms with Gasteiger partial charge in [0.25, 0.3) is 0 Å². The highest BCUT2D eigenvalue weighted by Gasteiger charge is 2.25. The summed E-state index contributed by atoms with van der Waals surface area (Å²) in [6.07, 6.45) is 7.65. The van der Waals surface area contributed by atoms with Crippen molar-refractivity contribution in [3.63, 3.8) is 0 Å². The van der Waals surface area contributed by atoms with E-state index in [4.69, 9.17) is 5.84 Å². The van der Waals surface area contributed by atoms with Crippen molar-refractivity contribution in [1.82, 2.24) is 29.4 Å². The summed E-state index contributed by atoms with van der Waals surface area (Å²) in [5, 5.41) is 3.20. The molecule has 0 bridgehead atoms. The molecule has 112 valence electrons. The Kier molecular flexibility index (Phi) is 3.93. The highest BCUT2D eigenvalue weighted by atomic mass is 15.4. The van der Waals surface area contributed by atoms with Gasteiger partial charge in [-0.05, 0) is 19.9 Å². The molecule has 0 unspecified atom stereocenters. The van der Waals surface area contributed by atoms with Crippen LogP contribution in [0.1, 0.15) is 12.8 Å². The molecule has 3 rings (SSSR count). The molecule has 9 heteroatoms. The average Bonchev–Trinajstić information content (AvgIpc) is 3.21. The van der Waals surface area contributed by atoms with E-state index < -0.39 is 0 Å². The van der Waals surface area contributed by atoms with Crippen molar-refractivity contribution < 1.29 is 0 Å². The van der Waals surface area contributed by atoms with Crippen molar-refractivity contribution >= 4 is 11.9 Å². The standard InChI is InChI=1S/C12H19N9/c1-20(9-2-3-9)6-5-15-10-16-11(19-13)18-12(17-10)21-7-4-14-8-21/h4,7-9H,2-3,5-6,13H2,1H3,(H2,15,16,17,18,19). The minimum Gasteiger partial charge on any atom is -0.353 e. The first-order chi connectivity index (χ1) is 10.3. The van der Waals surface area contributed by atoms with Crippen molar-refractivity contribution in [1.29, 1.82) is 0 Å². The van der Waals surface area contributed by atoms with Gasteiger partial charge in [-0.3, -0.25) is 9.99 Å². The molecule has 0 aromatic carbocycles. The summed E-state index contributed by atoms with van der Waals surface area (Å²) in [7, 11) is 2.14. The molecule has 21 heavy (non-hydrogen) atoms. The Hall–Kier alpha value is -2.26. The van der Waals surface area contributed by atoms with Crippen LogP contribution < -0.4 is 16.6 Å². The maximum Gasteiger partial charge on any atom is 0.243 e. The van der Waals surface area contributed by atoms with E-state index in [1.165, 1.54) is 12.8 Å². The van der Waals surface area contributed by atoms with Gasteiger partial charge in [-0.2, -0.15) is 15.0 Å². The molecule has 1 aliphatic rings. The van der Waals surface area contributed by atoms with E-state index >= 15 is 0 Å². The monoisotopic (exact) mass is 289 g/mol. The Morgan fingerprint density at radius 3 is 2.81 bits per heavy atom. The Balaban J connectivity index is 1.67. The molecule has 2 aromatic rings. The van der Waals surface area contributed by atoms with Gasteiger partial charge in [0.1, 0.15) is 6.33 Å². The van der Waals surface area contributed by atoms with Gasteiger partial charge < -0.3 is 10.2 Å². The quantitative estimate of drug-likeness (QED) is 0.477. The van der Waals surface area contributed by atoms with Crippen LogP contribution in [0.25, 0.3) is 5.95 Å². The van der Waals surface area contributed by atoms with Gasteiger partial charge >= 0.3 is 0 Å². The SMILES string of the molecule is CN(CCNc1nc(NN)nc(-n2ccnc2)n1)C1CC1. The number of likely N-dealkylation sites (N-methyl/N-ethyl adjacent to an activating group) is 1. The van der Waals surface area contributed by atoms with E-state index in [-0.39, 0.29) is 0 Å². The number of imidazole rings is 1. The molecule has 1 aliphatic carbocycles. The van der Waals surface area contributed by atoms with Gasteiger partial charge in [0.05, 0.1) is 0 Å². The number of hydrogen-bond donors (Lipinski definition) is 3. The molecule has 0 amide bonds. The normalized spacial score (nSPS) is 14.4. The number of rotatable bonds is 7. The molecule has 1 fully saturated rings.